The predicted octanol–water partition coefficient (Wildman–Crippen LogP) is 2.96. The summed E-state index contributed by atoms with van der Waals surface area (Å²) in [6, 6.07) is 9.78. The summed E-state index contributed by atoms with van der Waals surface area (Å²) in [6.45, 7) is 7.76. The van der Waals surface area contributed by atoms with Crippen LogP contribution in [0.3, 0.4) is 0 Å². The Morgan fingerprint density at radius 3 is 2.53 bits per heavy atom. The lowest BCUT2D eigenvalue weighted by Crippen LogP contribution is -2.23. The molecule has 0 atom stereocenters. The van der Waals surface area contributed by atoms with E-state index in [0.29, 0.717) is 5.56 Å². The number of nitrogens with zero attached hydrogens (tertiary/aromatic N) is 2. The molecule has 0 aliphatic heterocycles. The molecular formula is C13H16N2. The minimum Gasteiger partial charge on any atom is -0.368 e. The van der Waals surface area contributed by atoms with E-state index in [2.05, 4.69) is 24.5 Å². The van der Waals surface area contributed by atoms with Crippen LogP contribution in [0.2, 0.25) is 0 Å². The fourth-order valence-electron chi connectivity index (χ4n) is 1.50. The maximum absolute atomic E-state index is 8.69. The highest BCUT2D eigenvalue weighted by atomic mass is 15.1. The van der Waals surface area contributed by atoms with Gasteiger partial charge in [-0.25, -0.2) is 0 Å². The average molecular weight is 200 g/mol. The topological polar surface area (TPSA) is 27.0 Å². The largest absolute Gasteiger partial charge is 0.368 e. The second-order valence-corrected chi connectivity index (χ2v) is 3.39. The number of hydrogen-bond donors (Lipinski definition) is 0. The van der Waals surface area contributed by atoms with Gasteiger partial charge in [-0.2, -0.15) is 5.26 Å². The highest BCUT2D eigenvalue weighted by Crippen LogP contribution is 2.15. The van der Waals surface area contributed by atoms with Gasteiger partial charge in [-0.15, -0.1) is 6.58 Å². The second kappa shape index (κ2) is 5.87. The van der Waals surface area contributed by atoms with Crippen LogP contribution in [0, 0.1) is 11.3 Å². The Bertz CT molecular complexity index is 346. The van der Waals surface area contributed by atoms with Gasteiger partial charge in [0, 0.05) is 18.8 Å². The Morgan fingerprint density at radius 1 is 1.40 bits per heavy atom. The van der Waals surface area contributed by atoms with Crippen molar-refractivity contribution in [1.29, 1.82) is 5.26 Å². The van der Waals surface area contributed by atoms with Crippen LogP contribution >= 0.6 is 0 Å². The van der Waals surface area contributed by atoms with Crippen molar-refractivity contribution < 1.29 is 0 Å². The lowest BCUT2D eigenvalue weighted by molar-refractivity contribution is 0.816. The highest BCUT2D eigenvalue weighted by molar-refractivity contribution is 5.50. The first-order valence-corrected chi connectivity index (χ1v) is 5.17. The third kappa shape index (κ3) is 3.14. The van der Waals surface area contributed by atoms with Crippen LogP contribution in [0.25, 0.3) is 0 Å². The van der Waals surface area contributed by atoms with Crippen LogP contribution in [0.5, 0.6) is 0 Å². The first-order valence-electron chi connectivity index (χ1n) is 5.17. The molecule has 0 unspecified atom stereocenters. The third-order valence-electron chi connectivity index (χ3n) is 2.20. The third-order valence-corrected chi connectivity index (χ3v) is 2.20. The minimum absolute atomic E-state index is 0.703. The summed E-state index contributed by atoms with van der Waals surface area (Å²) < 4.78 is 0. The molecule has 0 aliphatic carbocycles. The Hall–Kier alpha value is -1.75. The van der Waals surface area contributed by atoms with Gasteiger partial charge in [0.1, 0.15) is 0 Å². The van der Waals surface area contributed by atoms with E-state index in [0.717, 1.165) is 25.2 Å². The lowest BCUT2D eigenvalue weighted by Gasteiger charge is -2.22. The van der Waals surface area contributed by atoms with E-state index in [1.807, 2.05) is 30.3 Å². The molecule has 0 N–H and O–H groups in total. The fraction of sp³-hybridized carbons (Fsp3) is 0.308. The quantitative estimate of drug-likeness (QED) is 0.683. The first-order chi connectivity index (χ1) is 7.31. The predicted molar refractivity (Wildman–Crippen MR) is 63.9 cm³/mol. The number of anilines is 1. The number of benzene rings is 1. The van der Waals surface area contributed by atoms with Crippen LogP contribution in [-0.4, -0.2) is 13.1 Å². The number of nitriles is 1. The van der Waals surface area contributed by atoms with Crippen LogP contribution in [0.1, 0.15) is 18.9 Å². The molecule has 0 bridgehead atoms. The highest BCUT2D eigenvalue weighted by Gasteiger charge is 2.02. The van der Waals surface area contributed by atoms with E-state index in [9.17, 15) is 0 Å². The average Bonchev–Trinajstić information content (AvgIpc) is 2.29. The van der Waals surface area contributed by atoms with Crippen LogP contribution < -0.4 is 4.90 Å². The summed E-state index contributed by atoms with van der Waals surface area (Å²) in [4.78, 5) is 2.24. The van der Waals surface area contributed by atoms with E-state index in [1.165, 1.54) is 0 Å². The first kappa shape index (κ1) is 11.3. The van der Waals surface area contributed by atoms with E-state index in [1.54, 1.807) is 0 Å². The lowest BCUT2D eigenvalue weighted by atomic mass is 10.2. The van der Waals surface area contributed by atoms with Gasteiger partial charge in [-0.3, -0.25) is 0 Å². The zero-order valence-corrected chi connectivity index (χ0v) is 9.11. The number of hydrogen-bond acceptors (Lipinski definition) is 2. The van der Waals surface area contributed by atoms with Crippen molar-refractivity contribution >= 4 is 5.69 Å². The van der Waals surface area contributed by atoms with Crippen molar-refractivity contribution in [2.75, 3.05) is 18.0 Å². The molecule has 0 aromatic heterocycles. The molecule has 2 heteroatoms. The van der Waals surface area contributed by atoms with Crippen molar-refractivity contribution in [3.05, 3.63) is 42.5 Å². The molecule has 1 aromatic carbocycles. The summed E-state index contributed by atoms with van der Waals surface area (Å²) in [6.07, 6.45) is 3.00. The van der Waals surface area contributed by atoms with Gasteiger partial charge in [0.15, 0.2) is 0 Å². The van der Waals surface area contributed by atoms with Gasteiger partial charge >= 0.3 is 0 Å². The Morgan fingerprint density at radius 2 is 2.07 bits per heavy atom. The maximum atomic E-state index is 8.69. The molecule has 0 fully saturated rings. The fourth-order valence-corrected chi connectivity index (χ4v) is 1.50. The molecule has 0 amide bonds. The normalized spacial score (nSPS) is 9.33. The zero-order valence-electron chi connectivity index (χ0n) is 9.11. The molecule has 0 heterocycles. The second-order valence-electron chi connectivity index (χ2n) is 3.39. The standard InChI is InChI=1S/C13H16N2/c1-3-9-15(10-4-2)13-7-5-12(11-14)6-8-13/h3,5-8H,1,4,9-10H2,2H3. The molecule has 1 aromatic rings. The van der Waals surface area contributed by atoms with Crippen molar-refractivity contribution in [3.63, 3.8) is 0 Å². The summed E-state index contributed by atoms with van der Waals surface area (Å²) >= 11 is 0. The Labute approximate surface area is 91.4 Å². The molecule has 78 valence electrons. The van der Waals surface area contributed by atoms with E-state index in [-0.39, 0.29) is 0 Å². The Kier molecular flexibility index (Phi) is 4.43. The van der Waals surface area contributed by atoms with Gasteiger partial charge in [0.2, 0.25) is 0 Å². The minimum atomic E-state index is 0.703. The summed E-state index contributed by atoms with van der Waals surface area (Å²) in [7, 11) is 0. The summed E-state index contributed by atoms with van der Waals surface area (Å²) in [5.41, 5.74) is 1.85. The van der Waals surface area contributed by atoms with Crippen LogP contribution in [0.15, 0.2) is 36.9 Å². The van der Waals surface area contributed by atoms with Crippen molar-refractivity contribution in [3.8, 4) is 6.07 Å². The van der Waals surface area contributed by atoms with Gasteiger partial charge in [0.05, 0.1) is 11.6 Å². The molecule has 1 rings (SSSR count). The van der Waals surface area contributed by atoms with Crippen LogP contribution in [-0.2, 0) is 0 Å². The van der Waals surface area contributed by atoms with Crippen molar-refractivity contribution in [2.24, 2.45) is 0 Å². The molecule has 15 heavy (non-hydrogen) atoms. The van der Waals surface area contributed by atoms with E-state index in [4.69, 9.17) is 5.26 Å². The summed E-state index contributed by atoms with van der Waals surface area (Å²) in [5, 5.41) is 8.69. The van der Waals surface area contributed by atoms with Crippen molar-refractivity contribution in [1.82, 2.24) is 0 Å². The SMILES string of the molecule is C=CCN(CCC)c1ccc(C#N)cc1. The van der Waals surface area contributed by atoms with Gasteiger partial charge in [0.25, 0.3) is 0 Å². The van der Waals surface area contributed by atoms with Gasteiger partial charge < -0.3 is 4.90 Å². The molecule has 0 saturated carbocycles. The molecule has 0 spiro atoms. The van der Waals surface area contributed by atoms with Gasteiger partial charge in [-0.05, 0) is 30.7 Å². The van der Waals surface area contributed by atoms with Gasteiger partial charge in [-0.1, -0.05) is 13.0 Å². The molecule has 0 saturated heterocycles. The molecule has 2 nitrogen and oxygen atoms in total. The van der Waals surface area contributed by atoms with E-state index < -0.39 is 0 Å². The zero-order chi connectivity index (χ0) is 11.1. The number of rotatable bonds is 5. The summed E-state index contributed by atoms with van der Waals surface area (Å²) in [5.74, 6) is 0. The smallest absolute Gasteiger partial charge is 0.0991 e. The maximum Gasteiger partial charge on any atom is 0.0991 e. The van der Waals surface area contributed by atoms with E-state index >= 15 is 0 Å². The van der Waals surface area contributed by atoms with Crippen molar-refractivity contribution in [2.45, 2.75) is 13.3 Å². The monoisotopic (exact) mass is 200 g/mol. The molecule has 0 aliphatic rings. The van der Waals surface area contributed by atoms with Crippen LogP contribution in [0.4, 0.5) is 5.69 Å². The molecular weight excluding hydrogens is 184 g/mol. The Balaban J connectivity index is 2.81. The molecule has 0 radical (unpaired) electrons.